The molecule has 78 valence electrons. The van der Waals surface area contributed by atoms with Crippen molar-refractivity contribution in [1.82, 2.24) is 0 Å². The summed E-state index contributed by atoms with van der Waals surface area (Å²) in [6.07, 6.45) is -0.295. The predicted octanol–water partition coefficient (Wildman–Crippen LogP) is 1.77. The van der Waals surface area contributed by atoms with Gasteiger partial charge in [0.25, 0.3) is 0 Å². The quantitative estimate of drug-likeness (QED) is 0.780. The summed E-state index contributed by atoms with van der Waals surface area (Å²) in [5.41, 5.74) is 0.888. The lowest BCUT2D eigenvalue weighted by molar-refractivity contribution is 0.0175. The Morgan fingerprint density at radius 1 is 1.36 bits per heavy atom. The molecule has 14 heavy (non-hydrogen) atoms. The van der Waals surface area contributed by atoms with Gasteiger partial charge in [-0.2, -0.15) is 0 Å². The summed E-state index contributed by atoms with van der Waals surface area (Å²) in [4.78, 5) is 0. The Bertz CT molecular complexity index is 273. The number of para-hydroxylation sites is 1. The number of methoxy groups -OCH3 is 1. The van der Waals surface area contributed by atoms with E-state index >= 15 is 0 Å². The first-order chi connectivity index (χ1) is 6.83. The molecule has 0 aliphatic rings. The molecule has 3 nitrogen and oxygen atoms in total. The van der Waals surface area contributed by atoms with E-state index in [0.29, 0.717) is 6.61 Å². The molecule has 0 saturated carbocycles. The van der Waals surface area contributed by atoms with E-state index in [9.17, 15) is 0 Å². The molecule has 3 heteroatoms. The van der Waals surface area contributed by atoms with E-state index in [2.05, 4.69) is 0 Å². The van der Waals surface area contributed by atoms with E-state index < -0.39 is 0 Å². The molecule has 0 aliphatic carbocycles. The average Bonchev–Trinajstić information content (AvgIpc) is 2.26. The summed E-state index contributed by atoms with van der Waals surface area (Å²) >= 11 is 0. The molecule has 0 aliphatic heterocycles. The molecule has 0 saturated heterocycles. The summed E-state index contributed by atoms with van der Waals surface area (Å²) in [5, 5.41) is 9.15. The zero-order chi connectivity index (χ0) is 10.4. The Morgan fingerprint density at radius 3 is 2.64 bits per heavy atom. The van der Waals surface area contributed by atoms with Crippen molar-refractivity contribution in [2.24, 2.45) is 0 Å². The largest absolute Gasteiger partial charge is 0.496 e. The van der Waals surface area contributed by atoms with Crippen molar-refractivity contribution >= 4 is 0 Å². The summed E-state index contributed by atoms with van der Waals surface area (Å²) in [5.74, 6) is 0.750. The fourth-order valence-electron chi connectivity index (χ4n) is 1.37. The van der Waals surface area contributed by atoms with E-state index in [0.717, 1.165) is 11.3 Å². The van der Waals surface area contributed by atoms with Crippen LogP contribution in [0.4, 0.5) is 0 Å². The highest BCUT2D eigenvalue weighted by Crippen LogP contribution is 2.26. The van der Waals surface area contributed by atoms with Gasteiger partial charge in [0, 0.05) is 12.2 Å². The van der Waals surface area contributed by atoms with Gasteiger partial charge in [-0.25, -0.2) is 0 Å². The highest BCUT2D eigenvalue weighted by Gasteiger charge is 2.14. The third-order valence-electron chi connectivity index (χ3n) is 2.02. The van der Waals surface area contributed by atoms with Crippen molar-refractivity contribution in [1.29, 1.82) is 0 Å². The van der Waals surface area contributed by atoms with Crippen LogP contribution in [0.3, 0.4) is 0 Å². The van der Waals surface area contributed by atoms with Crippen molar-refractivity contribution in [3.63, 3.8) is 0 Å². The summed E-state index contributed by atoms with van der Waals surface area (Å²) in [6.45, 7) is 2.44. The van der Waals surface area contributed by atoms with Gasteiger partial charge in [-0.05, 0) is 13.0 Å². The molecule has 0 radical (unpaired) electrons. The van der Waals surface area contributed by atoms with Gasteiger partial charge in [0.05, 0.1) is 13.7 Å². The van der Waals surface area contributed by atoms with Crippen molar-refractivity contribution in [2.45, 2.75) is 13.0 Å². The standard InChI is InChI=1S/C11H16O3/c1-3-14-11(8-12)9-6-4-5-7-10(9)13-2/h4-7,11-12H,3,8H2,1-2H3. The topological polar surface area (TPSA) is 38.7 Å². The second-order valence-corrected chi connectivity index (χ2v) is 2.87. The molecule has 0 aromatic heterocycles. The fraction of sp³-hybridized carbons (Fsp3) is 0.455. The summed E-state index contributed by atoms with van der Waals surface area (Å²) < 4.78 is 10.6. The summed E-state index contributed by atoms with van der Waals surface area (Å²) in [6, 6.07) is 7.55. The number of rotatable bonds is 5. The van der Waals surface area contributed by atoms with Crippen LogP contribution >= 0.6 is 0 Å². The first-order valence-corrected chi connectivity index (χ1v) is 4.68. The third kappa shape index (κ3) is 2.47. The van der Waals surface area contributed by atoms with Crippen LogP contribution in [-0.2, 0) is 4.74 Å². The first kappa shape index (κ1) is 11.0. The minimum atomic E-state index is -0.295. The maximum Gasteiger partial charge on any atom is 0.124 e. The Labute approximate surface area is 84.3 Å². The lowest BCUT2D eigenvalue weighted by atomic mass is 10.1. The molecule has 1 N–H and O–H groups in total. The fourth-order valence-corrected chi connectivity index (χ4v) is 1.37. The Morgan fingerprint density at radius 2 is 2.07 bits per heavy atom. The van der Waals surface area contributed by atoms with Gasteiger partial charge in [-0.1, -0.05) is 18.2 Å². The molecule has 1 rings (SSSR count). The first-order valence-electron chi connectivity index (χ1n) is 4.68. The van der Waals surface area contributed by atoms with Crippen LogP contribution in [0.2, 0.25) is 0 Å². The Hall–Kier alpha value is -1.06. The number of ether oxygens (including phenoxy) is 2. The van der Waals surface area contributed by atoms with Gasteiger partial charge in [-0.3, -0.25) is 0 Å². The van der Waals surface area contributed by atoms with E-state index in [1.165, 1.54) is 0 Å². The number of hydrogen-bond acceptors (Lipinski definition) is 3. The second kappa shape index (κ2) is 5.62. The molecule has 1 unspecified atom stereocenters. The van der Waals surface area contributed by atoms with Crippen LogP contribution in [0.1, 0.15) is 18.6 Å². The molecule has 1 aromatic rings. The van der Waals surface area contributed by atoms with Crippen LogP contribution in [0, 0.1) is 0 Å². The van der Waals surface area contributed by atoms with Crippen molar-refractivity contribution in [2.75, 3.05) is 20.3 Å². The van der Waals surface area contributed by atoms with Crippen LogP contribution in [-0.4, -0.2) is 25.4 Å². The van der Waals surface area contributed by atoms with E-state index in [-0.39, 0.29) is 12.7 Å². The van der Waals surface area contributed by atoms with Gasteiger partial charge in [0.15, 0.2) is 0 Å². The molecular weight excluding hydrogens is 180 g/mol. The van der Waals surface area contributed by atoms with Gasteiger partial charge >= 0.3 is 0 Å². The van der Waals surface area contributed by atoms with Crippen molar-refractivity contribution in [3.8, 4) is 5.75 Å². The maximum atomic E-state index is 9.15. The van der Waals surface area contributed by atoms with Crippen molar-refractivity contribution < 1.29 is 14.6 Å². The monoisotopic (exact) mass is 196 g/mol. The van der Waals surface area contributed by atoms with Crippen LogP contribution in [0.25, 0.3) is 0 Å². The molecule has 0 bridgehead atoms. The van der Waals surface area contributed by atoms with Crippen LogP contribution < -0.4 is 4.74 Å². The summed E-state index contributed by atoms with van der Waals surface area (Å²) in [7, 11) is 1.61. The Balaban J connectivity index is 2.90. The average molecular weight is 196 g/mol. The van der Waals surface area contributed by atoms with E-state index in [1.807, 2.05) is 31.2 Å². The number of aliphatic hydroxyl groups is 1. The zero-order valence-corrected chi connectivity index (χ0v) is 8.56. The number of hydrogen-bond donors (Lipinski definition) is 1. The van der Waals surface area contributed by atoms with E-state index in [4.69, 9.17) is 14.6 Å². The van der Waals surface area contributed by atoms with Crippen LogP contribution in [0.5, 0.6) is 5.75 Å². The number of aliphatic hydroxyl groups excluding tert-OH is 1. The maximum absolute atomic E-state index is 9.15. The minimum absolute atomic E-state index is 0.0335. The zero-order valence-electron chi connectivity index (χ0n) is 8.56. The SMILES string of the molecule is CCOC(CO)c1ccccc1OC. The highest BCUT2D eigenvalue weighted by molar-refractivity contribution is 5.35. The van der Waals surface area contributed by atoms with Gasteiger partial charge in [-0.15, -0.1) is 0 Å². The van der Waals surface area contributed by atoms with Gasteiger partial charge in [0.2, 0.25) is 0 Å². The lowest BCUT2D eigenvalue weighted by Gasteiger charge is -2.17. The molecule has 0 amide bonds. The third-order valence-corrected chi connectivity index (χ3v) is 2.02. The minimum Gasteiger partial charge on any atom is -0.496 e. The highest BCUT2D eigenvalue weighted by atomic mass is 16.5. The predicted molar refractivity (Wildman–Crippen MR) is 54.4 cm³/mol. The molecular formula is C11H16O3. The second-order valence-electron chi connectivity index (χ2n) is 2.87. The molecule has 1 aromatic carbocycles. The normalized spacial score (nSPS) is 12.5. The lowest BCUT2D eigenvalue weighted by Crippen LogP contribution is -2.10. The smallest absolute Gasteiger partial charge is 0.124 e. The molecule has 0 fully saturated rings. The Kier molecular flexibility index (Phi) is 4.43. The number of benzene rings is 1. The van der Waals surface area contributed by atoms with Crippen LogP contribution in [0.15, 0.2) is 24.3 Å². The molecule has 0 heterocycles. The molecule has 0 spiro atoms. The van der Waals surface area contributed by atoms with E-state index in [1.54, 1.807) is 7.11 Å². The van der Waals surface area contributed by atoms with Gasteiger partial charge < -0.3 is 14.6 Å². The van der Waals surface area contributed by atoms with Gasteiger partial charge in [0.1, 0.15) is 11.9 Å². The van der Waals surface area contributed by atoms with Crippen molar-refractivity contribution in [3.05, 3.63) is 29.8 Å². The molecule has 1 atom stereocenters.